The first kappa shape index (κ1) is 14.7. The molecule has 120 valence electrons. The van der Waals surface area contributed by atoms with E-state index >= 15 is 0 Å². The Bertz CT molecular complexity index is 928. The van der Waals surface area contributed by atoms with Gasteiger partial charge in [-0.2, -0.15) is 0 Å². The third kappa shape index (κ3) is 3.09. The van der Waals surface area contributed by atoms with Crippen LogP contribution in [0.5, 0.6) is 0 Å². The van der Waals surface area contributed by atoms with E-state index in [0.29, 0.717) is 28.5 Å². The lowest BCUT2D eigenvalue weighted by atomic mass is 10.1. The molecule has 0 saturated carbocycles. The van der Waals surface area contributed by atoms with E-state index in [0.717, 1.165) is 11.4 Å². The van der Waals surface area contributed by atoms with Gasteiger partial charge in [0.2, 0.25) is 11.0 Å². The van der Waals surface area contributed by atoms with Crippen LogP contribution in [0.2, 0.25) is 0 Å². The first-order valence-electron chi connectivity index (χ1n) is 7.26. The van der Waals surface area contributed by atoms with E-state index < -0.39 is 0 Å². The van der Waals surface area contributed by atoms with Gasteiger partial charge in [-0.05, 0) is 19.1 Å². The van der Waals surface area contributed by atoms with E-state index in [9.17, 15) is 0 Å². The van der Waals surface area contributed by atoms with Crippen molar-refractivity contribution < 1.29 is 8.83 Å². The molecule has 7 nitrogen and oxygen atoms in total. The monoisotopic (exact) mass is 339 g/mol. The second kappa shape index (κ2) is 6.32. The molecule has 3 aromatic heterocycles. The van der Waals surface area contributed by atoms with Gasteiger partial charge in [0, 0.05) is 5.56 Å². The van der Waals surface area contributed by atoms with Gasteiger partial charge in [0.25, 0.3) is 5.89 Å². The molecule has 0 bridgehead atoms. The van der Waals surface area contributed by atoms with Crippen LogP contribution in [0, 0.1) is 6.92 Å². The van der Waals surface area contributed by atoms with Crippen molar-refractivity contribution in [3.05, 3.63) is 54.1 Å². The van der Waals surface area contributed by atoms with E-state index in [1.807, 2.05) is 31.2 Å². The van der Waals surface area contributed by atoms with Crippen LogP contribution in [-0.2, 0) is 5.75 Å². The van der Waals surface area contributed by atoms with Gasteiger partial charge >= 0.3 is 0 Å². The maximum Gasteiger partial charge on any atom is 0.283 e. The van der Waals surface area contributed by atoms with Gasteiger partial charge < -0.3 is 8.83 Å². The Morgan fingerprint density at radius 1 is 1.12 bits per heavy atom. The highest BCUT2D eigenvalue weighted by Crippen LogP contribution is 2.24. The lowest BCUT2D eigenvalue weighted by Crippen LogP contribution is -1.82. The number of hydrogen-bond acceptors (Lipinski definition) is 7. The standard InChI is InChI=1S/C16H13N5O2S/c1-10-4-6-11(7-5-10)14-17-16(21-19-14)24-9-13-18-20-15(23-13)12-3-2-8-22-12/h2-8H,9H2,1H3,(H,17,19,21). The van der Waals surface area contributed by atoms with Crippen molar-refractivity contribution in [1.82, 2.24) is 25.4 Å². The average molecular weight is 339 g/mol. The fraction of sp³-hybridized carbons (Fsp3) is 0.125. The molecule has 0 amide bonds. The number of aromatic amines is 1. The molecule has 24 heavy (non-hydrogen) atoms. The van der Waals surface area contributed by atoms with Crippen LogP contribution in [0.15, 0.2) is 56.7 Å². The van der Waals surface area contributed by atoms with Crippen LogP contribution < -0.4 is 0 Å². The number of nitrogens with zero attached hydrogens (tertiary/aromatic N) is 4. The molecule has 1 aromatic carbocycles. The largest absolute Gasteiger partial charge is 0.459 e. The van der Waals surface area contributed by atoms with Gasteiger partial charge in [-0.15, -0.1) is 15.3 Å². The van der Waals surface area contributed by atoms with E-state index in [-0.39, 0.29) is 0 Å². The Hall–Kier alpha value is -2.87. The topological polar surface area (TPSA) is 93.6 Å². The summed E-state index contributed by atoms with van der Waals surface area (Å²) in [7, 11) is 0. The maximum absolute atomic E-state index is 5.55. The van der Waals surface area contributed by atoms with Gasteiger partial charge in [0.05, 0.1) is 12.0 Å². The van der Waals surface area contributed by atoms with Gasteiger partial charge in [-0.3, -0.25) is 5.10 Å². The molecule has 0 fully saturated rings. The third-order valence-electron chi connectivity index (χ3n) is 3.31. The third-order valence-corrected chi connectivity index (χ3v) is 4.15. The summed E-state index contributed by atoms with van der Waals surface area (Å²) >= 11 is 1.42. The normalized spacial score (nSPS) is 11.0. The number of nitrogens with one attached hydrogen (secondary N) is 1. The molecule has 0 spiro atoms. The molecule has 0 saturated heterocycles. The molecule has 0 atom stereocenters. The van der Waals surface area contributed by atoms with E-state index in [1.54, 1.807) is 18.4 Å². The van der Waals surface area contributed by atoms with E-state index in [2.05, 4.69) is 25.4 Å². The number of aryl methyl sites for hydroxylation is 1. The predicted molar refractivity (Wildman–Crippen MR) is 88.1 cm³/mol. The second-order valence-corrected chi connectivity index (χ2v) is 6.04. The Balaban J connectivity index is 1.42. The van der Waals surface area contributed by atoms with Gasteiger partial charge in [0.1, 0.15) is 0 Å². The van der Waals surface area contributed by atoms with Crippen LogP contribution in [0.3, 0.4) is 0 Å². The first-order valence-corrected chi connectivity index (χ1v) is 8.25. The predicted octanol–water partition coefficient (Wildman–Crippen LogP) is 3.72. The molecule has 8 heteroatoms. The zero-order valence-corrected chi connectivity index (χ0v) is 13.6. The lowest BCUT2D eigenvalue weighted by molar-refractivity contribution is 0.494. The minimum atomic E-state index is 0.367. The smallest absolute Gasteiger partial charge is 0.283 e. The maximum atomic E-state index is 5.55. The highest BCUT2D eigenvalue weighted by molar-refractivity contribution is 7.98. The minimum Gasteiger partial charge on any atom is -0.459 e. The van der Waals surface area contributed by atoms with Crippen LogP contribution in [0.1, 0.15) is 11.5 Å². The summed E-state index contributed by atoms with van der Waals surface area (Å²) in [6, 6.07) is 11.6. The second-order valence-electron chi connectivity index (χ2n) is 5.10. The zero-order valence-electron chi connectivity index (χ0n) is 12.8. The van der Waals surface area contributed by atoms with Crippen LogP contribution in [-0.4, -0.2) is 25.4 Å². The van der Waals surface area contributed by atoms with Crippen molar-refractivity contribution in [2.24, 2.45) is 0 Å². The quantitative estimate of drug-likeness (QED) is 0.554. The Labute approximate surface area is 141 Å². The first-order chi connectivity index (χ1) is 11.8. The fourth-order valence-corrected chi connectivity index (χ4v) is 2.72. The van der Waals surface area contributed by atoms with Crippen LogP contribution in [0.25, 0.3) is 23.0 Å². The number of rotatable bonds is 5. The highest BCUT2D eigenvalue weighted by atomic mass is 32.2. The Morgan fingerprint density at radius 3 is 2.79 bits per heavy atom. The molecular weight excluding hydrogens is 326 g/mol. The van der Waals surface area contributed by atoms with Gasteiger partial charge in [-0.1, -0.05) is 41.6 Å². The molecule has 3 heterocycles. The molecule has 4 aromatic rings. The molecule has 0 radical (unpaired) electrons. The Morgan fingerprint density at radius 2 is 2.00 bits per heavy atom. The number of benzene rings is 1. The van der Waals surface area contributed by atoms with Gasteiger partial charge in [0.15, 0.2) is 11.6 Å². The van der Waals surface area contributed by atoms with Gasteiger partial charge in [-0.25, -0.2) is 4.98 Å². The van der Waals surface area contributed by atoms with Crippen molar-refractivity contribution in [3.8, 4) is 23.0 Å². The number of H-pyrrole nitrogens is 1. The summed E-state index contributed by atoms with van der Waals surface area (Å²) in [6.45, 7) is 2.05. The minimum absolute atomic E-state index is 0.367. The Kier molecular flexibility index (Phi) is 3.87. The SMILES string of the molecule is Cc1ccc(-c2nc(SCc3nnc(-c4ccco4)o3)n[nH]2)cc1. The number of hydrogen-bond donors (Lipinski definition) is 1. The van der Waals surface area contributed by atoms with Crippen LogP contribution in [0.4, 0.5) is 0 Å². The highest BCUT2D eigenvalue weighted by Gasteiger charge is 2.12. The number of aromatic nitrogens is 5. The van der Waals surface area contributed by atoms with Crippen molar-refractivity contribution in [2.45, 2.75) is 17.8 Å². The number of thioether (sulfide) groups is 1. The van der Waals surface area contributed by atoms with Crippen molar-refractivity contribution >= 4 is 11.8 Å². The molecule has 0 unspecified atom stereocenters. The summed E-state index contributed by atoms with van der Waals surface area (Å²) < 4.78 is 10.8. The molecule has 0 aliphatic carbocycles. The van der Waals surface area contributed by atoms with E-state index in [1.165, 1.54) is 17.3 Å². The summed E-state index contributed by atoms with van der Waals surface area (Å²) in [6.07, 6.45) is 1.56. The van der Waals surface area contributed by atoms with Crippen LogP contribution >= 0.6 is 11.8 Å². The molecular formula is C16H13N5O2S. The lowest BCUT2D eigenvalue weighted by Gasteiger charge is -1.96. The average Bonchev–Trinajstić information content (AvgIpc) is 3.34. The zero-order chi connectivity index (χ0) is 16.4. The van der Waals surface area contributed by atoms with Crippen molar-refractivity contribution in [1.29, 1.82) is 0 Å². The molecule has 1 N–H and O–H groups in total. The molecule has 0 aliphatic heterocycles. The summed E-state index contributed by atoms with van der Waals surface area (Å²) in [5, 5.41) is 15.7. The fourth-order valence-electron chi connectivity index (χ4n) is 2.09. The summed E-state index contributed by atoms with van der Waals surface area (Å²) in [5.41, 5.74) is 2.20. The van der Waals surface area contributed by atoms with Crippen molar-refractivity contribution in [3.63, 3.8) is 0 Å². The molecule has 0 aliphatic rings. The molecule has 4 rings (SSSR count). The number of furan rings is 1. The summed E-state index contributed by atoms with van der Waals surface area (Å²) in [4.78, 5) is 4.47. The summed E-state index contributed by atoms with van der Waals surface area (Å²) in [5.74, 6) is 2.63. The van der Waals surface area contributed by atoms with Crippen molar-refractivity contribution in [2.75, 3.05) is 0 Å². The van der Waals surface area contributed by atoms with E-state index in [4.69, 9.17) is 8.83 Å².